The Labute approximate surface area is 128 Å². The summed E-state index contributed by atoms with van der Waals surface area (Å²) in [6.45, 7) is 6.39. The molecule has 2 nitrogen and oxygen atoms in total. The molecule has 0 aliphatic heterocycles. The zero-order valence-corrected chi connectivity index (χ0v) is 13.5. The van der Waals surface area contributed by atoms with Gasteiger partial charge in [-0.25, -0.2) is 0 Å². The standard InChI is InChI=1S/C17H17BrN2/c1-12(2)20-11-14(8-13(20)3)9-16(10-19)15-4-6-17(18)7-5-15/h4-9,11-12H,1-3H3/b16-9+. The molecule has 2 rings (SSSR count). The molecule has 0 atom stereocenters. The third-order valence-corrected chi connectivity index (χ3v) is 3.74. The Morgan fingerprint density at radius 3 is 2.45 bits per heavy atom. The van der Waals surface area contributed by atoms with E-state index in [0.29, 0.717) is 11.6 Å². The topological polar surface area (TPSA) is 28.7 Å². The van der Waals surface area contributed by atoms with Crippen molar-refractivity contribution < 1.29 is 0 Å². The number of benzene rings is 1. The highest BCUT2D eigenvalue weighted by Crippen LogP contribution is 2.22. The molecule has 0 saturated heterocycles. The second-order valence-corrected chi connectivity index (χ2v) is 6.01. The zero-order valence-electron chi connectivity index (χ0n) is 11.9. The monoisotopic (exact) mass is 328 g/mol. The second kappa shape index (κ2) is 6.11. The summed E-state index contributed by atoms with van der Waals surface area (Å²) >= 11 is 3.41. The normalized spacial score (nSPS) is 11.7. The molecule has 1 aromatic heterocycles. The first-order valence-corrected chi connectivity index (χ1v) is 7.37. The van der Waals surface area contributed by atoms with Gasteiger partial charge in [0.1, 0.15) is 0 Å². The molecule has 0 aliphatic carbocycles. The zero-order chi connectivity index (χ0) is 14.7. The second-order valence-electron chi connectivity index (χ2n) is 5.09. The Morgan fingerprint density at radius 2 is 1.95 bits per heavy atom. The number of nitriles is 1. The van der Waals surface area contributed by atoms with Crippen LogP contribution in [0.2, 0.25) is 0 Å². The Hall–Kier alpha value is -1.79. The van der Waals surface area contributed by atoms with E-state index in [9.17, 15) is 5.26 Å². The van der Waals surface area contributed by atoms with Crippen molar-refractivity contribution in [2.24, 2.45) is 0 Å². The summed E-state index contributed by atoms with van der Waals surface area (Å²) in [5, 5.41) is 9.36. The Kier molecular flexibility index (Phi) is 4.46. The number of aromatic nitrogens is 1. The van der Waals surface area contributed by atoms with Gasteiger partial charge in [0.2, 0.25) is 0 Å². The minimum Gasteiger partial charge on any atom is -0.349 e. The minimum absolute atomic E-state index is 0.426. The van der Waals surface area contributed by atoms with Crippen LogP contribution in [0.15, 0.2) is 41.0 Å². The number of rotatable bonds is 3. The summed E-state index contributed by atoms with van der Waals surface area (Å²) in [5.41, 5.74) is 3.89. The summed E-state index contributed by atoms with van der Waals surface area (Å²) in [7, 11) is 0. The number of halogens is 1. The van der Waals surface area contributed by atoms with Crippen molar-refractivity contribution in [1.82, 2.24) is 4.57 Å². The molecule has 3 heteroatoms. The fourth-order valence-electron chi connectivity index (χ4n) is 2.23. The lowest BCUT2D eigenvalue weighted by Crippen LogP contribution is -1.99. The van der Waals surface area contributed by atoms with Crippen LogP contribution in [-0.2, 0) is 0 Å². The van der Waals surface area contributed by atoms with E-state index in [0.717, 1.165) is 15.6 Å². The van der Waals surface area contributed by atoms with Crippen LogP contribution in [0.4, 0.5) is 0 Å². The first-order chi connectivity index (χ1) is 9.51. The molecule has 1 heterocycles. The lowest BCUT2D eigenvalue weighted by molar-refractivity contribution is 0.589. The number of hydrogen-bond donors (Lipinski definition) is 0. The van der Waals surface area contributed by atoms with E-state index in [2.05, 4.69) is 59.6 Å². The Morgan fingerprint density at radius 1 is 1.30 bits per heavy atom. The van der Waals surface area contributed by atoms with Crippen molar-refractivity contribution in [2.45, 2.75) is 26.8 Å². The van der Waals surface area contributed by atoms with Crippen LogP contribution in [0, 0.1) is 18.3 Å². The van der Waals surface area contributed by atoms with E-state index in [-0.39, 0.29) is 0 Å². The number of nitrogens with zero attached hydrogens (tertiary/aromatic N) is 2. The summed E-state index contributed by atoms with van der Waals surface area (Å²) in [4.78, 5) is 0. The smallest absolute Gasteiger partial charge is 0.0998 e. The molecule has 20 heavy (non-hydrogen) atoms. The molecule has 1 aromatic carbocycles. The summed E-state index contributed by atoms with van der Waals surface area (Å²) in [5.74, 6) is 0. The van der Waals surface area contributed by atoms with Crippen molar-refractivity contribution in [2.75, 3.05) is 0 Å². The highest BCUT2D eigenvalue weighted by atomic mass is 79.9. The van der Waals surface area contributed by atoms with E-state index in [1.165, 1.54) is 5.69 Å². The van der Waals surface area contributed by atoms with Crippen molar-refractivity contribution in [3.05, 3.63) is 57.8 Å². The van der Waals surface area contributed by atoms with Crippen molar-refractivity contribution in [1.29, 1.82) is 5.26 Å². The van der Waals surface area contributed by atoms with Crippen molar-refractivity contribution in [3.63, 3.8) is 0 Å². The van der Waals surface area contributed by atoms with Gasteiger partial charge in [-0.05, 0) is 56.2 Å². The molecule has 0 aliphatic rings. The quantitative estimate of drug-likeness (QED) is 0.711. The predicted molar refractivity (Wildman–Crippen MR) is 87.2 cm³/mol. The fourth-order valence-corrected chi connectivity index (χ4v) is 2.49. The van der Waals surface area contributed by atoms with E-state index in [1.807, 2.05) is 30.3 Å². The van der Waals surface area contributed by atoms with Gasteiger partial charge in [-0.3, -0.25) is 0 Å². The largest absolute Gasteiger partial charge is 0.349 e. The first-order valence-electron chi connectivity index (χ1n) is 6.57. The van der Waals surface area contributed by atoms with Gasteiger partial charge in [0.25, 0.3) is 0 Å². The third kappa shape index (κ3) is 3.20. The molecule has 2 aromatic rings. The van der Waals surface area contributed by atoms with Crippen LogP contribution in [-0.4, -0.2) is 4.57 Å². The van der Waals surface area contributed by atoms with Gasteiger partial charge in [-0.15, -0.1) is 0 Å². The van der Waals surface area contributed by atoms with Gasteiger partial charge in [0.15, 0.2) is 0 Å². The Balaban J connectivity index is 2.39. The maximum Gasteiger partial charge on any atom is 0.0998 e. The van der Waals surface area contributed by atoms with Crippen molar-refractivity contribution >= 4 is 27.6 Å². The summed E-state index contributed by atoms with van der Waals surface area (Å²) in [6, 6.07) is 12.6. The molecular formula is C17H17BrN2. The predicted octanol–water partition coefficient (Wildman–Crippen LogP) is 5.20. The summed E-state index contributed by atoms with van der Waals surface area (Å²) < 4.78 is 3.22. The number of aryl methyl sites for hydroxylation is 1. The average molecular weight is 329 g/mol. The lowest BCUT2D eigenvalue weighted by Gasteiger charge is -2.08. The lowest BCUT2D eigenvalue weighted by atomic mass is 10.1. The molecule has 0 N–H and O–H groups in total. The van der Waals surface area contributed by atoms with Gasteiger partial charge < -0.3 is 4.57 Å². The molecule has 0 spiro atoms. The number of hydrogen-bond acceptors (Lipinski definition) is 1. The van der Waals surface area contributed by atoms with E-state index in [1.54, 1.807) is 0 Å². The van der Waals surface area contributed by atoms with Crippen LogP contribution in [0.3, 0.4) is 0 Å². The highest BCUT2D eigenvalue weighted by molar-refractivity contribution is 9.10. The molecule has 0 bridgehead atoms. The van der Waals surface area contributed by atoms with Crippen LogP contribution in [0.1, 0.15) is 36.7 Å². The summed E-state index contributed by atoms with van der Waals surface area (Å²) in [6.07, 6.45) is 4.03. The van der Waals surface area contributed by atoms with Crippen LogP contribution >= 0.6 is 15.9 Å². The maximum atomic E-state index is 9.36. The Bertz CT molecular complexity index is 670. The molecule has 102 valence electrons. The average Bonchev–Trinajstić information content (AvgIpc) is 2.78. The van der Waals surface area contributed by atoms with Crippen LogP contribution < -0.4 is 0 Å². The third-order valence-electron chi connectivity index (χ3n) is 3.21. The van der Waals surface area contributed by atoms with E-state index < -0.39 is 0 Å². The molecule has 0 saturated carbocycles. The molecular weight excluding hydrogens is 312 g/mol. The van der Waals surface area contributed by atoms with Gasteiger partial charge in [-0.1, -0.05) is 28.1 Å². The van der Waals surface area contributed by atoms with Gasteiger partial charge in [0.05, 0.1) is 11.6 Å². The molecule has 0 unspecified atom stereocenters. The van der Waals surface area contributed by atoms with Crippen molar-refractivity contribution in [3.8, 4) is 6.07 Å². The van der Waals surface area contributed by atoms with Crippen LogP contribution in [0.5, 0.6) is 0 Å². The number of allylic oxidation sites excluding steroid dienone is 1. The van der Waals surface area contributed by atoms with Gasteiger partial charge >= 0.3 is 0 Å². The molecule has 0 amide bonds. The molecule has 0 fully saturated rings. The fraction of sp³-hybridized carbons (Fsp3) is 0.235. The molecule has 0 radical (unpaired) electrons. The first kappa shape index (κ1) is 14.6. The van der Waals surface area contributed by atoms with E-state index >= 15 is 0 Å². The highest BCUT2D eigenvalue weighted by Gasteiger charge is 2.06. The van der Waals surface area contributed by atoms with E-state index in [4.69, 9.17) is 0 Å². The SMILES string of the molecule is Cc1cc(/C=C(\C#N)c2ccc(Br)cc2)cn1C(C)C. The minimum atomic E-state index is 0.426. The van der Waals surface area contributed by atoms with Gasteiger partial charge in [0, 0.05) is 22.4 Å². The maximum absolute atomic E-state index is 9.36. The van der Waals surface area contributed by atoms with Crippen LogP contribution in [0.25, 0.3) is 11.6 Å². The van der Waals surface area contributed by atoms with Gasteiger partial charge in [-0.2, -0.15) is 5.26 Å².